The molecule has 2 aromatic heterocycles. The summed E-state index contributed by atoms with van der Waals surface area (Å²) in [4.78, 5) is 8.16. The first-order chi connectivity index (χ1) is 10.3. The maximum atomic E-state index is 9.27. The number of nitrogens with zero attached hydrogens (tertiary/aromatic N) is 6. The number of hydrogen-bond acceptors (Lipinski definition) is 5. The number of aromatic amines is 1. The molecule has 7 nitrogen and oxygen atoms in total. The van der Waals surface area contributed by atoms with Gasteiger partial charge in [0.15, 0.2) is 5.82 Å². The molecule has 3 aromatic rings. The molecule has 1 aromatic carbocycles. The van der Waals surface area contributed by atoms with Crippen LogP contribution in [0.4, 0.5) is 0 Å². The van der Waals surface area contributed by atoms with Gasteiger partial charge in [0.05, 0.1) is 5.57 Å². The zero-order chi connectivity index (χ0) is 14.5. The van der Waals surface area contributed by atoms with E-state index in [2.05, 4.69) is 31.3 Å². The second-order valence-corrected chi connectivity index (χ2v) is 4.28. The first kappa shape index (κ1) is 12.7. The SMILES string of the molecule is N#C/C(=C\c1ccccc1)c1n[nH]c(Cn2cncn2)n1. The van der Waals surface area contributed by atoms with E-state index in [1.807, 2.05) is 30.3 Å². The van der Waals surface area contributed by atoms with Crippen LogP contribution in [0.3, 0.4) is 0 Å². The van der Waals surface area contributed by atoms with E-state index in [1.165, 1.54) is 6.33 Å². The van der Waals surface area contributed by atoms with Crippen LogP contribution in [-0.2, 0) is 6.54 Å². The average Bonchev–Trinajstić information content (AvgIpc) is 3.18. The van der Waals surface area contributed by atoms with Gasteiger partial charge < -0.3 is 0 Å². The third-order valence-corrected chi connectivity index (χ3v) is 2.78. The van der Waals surface area contributed by atoms with Crippen LogP contribution in [0.1, 0.15) is 17.2 Å². The van der Waals surface area contributed by atoms with Crippen molar-refractivity contribution < 1.29 is 0 Å². The molecule has 21 heavy (non-hydrogen) atoms. The second kappa shape index (κ2) is 5.79. The van der Waals surface area contributed by atoms with Crippen molar-refractivity contribution in [3.63, 3.8) is 0 Å². The third-order valence-electron chi connectivity index (χ3n) is 2.78. The van der Waals surface area contributed by atoms with Crippen LogP contribution in [0, 0.1) is 11.3 Å². The van der Waals surface area contributed by atoms with Crippen LogP contribution >= 0.6 is 0 Å². The first-order valence-electron chi connectivity index (χ1n) is 6.26. The molecule has 3 rings (SSSR count). The van der Waals surface area contributed by atoms with Gasteiger partial charge in [-0.3, -0.25) is 5.10 Å². The average molecular weight is 277 g/mol. The molecule has 0 fully saturated rings. The molecule has 0 saturated heterocycles. The summed E-state index contributed by atoms with van der Waals surface area (Å²) in [5.74, 6) is 0.987. The molecule has 102 valence electrons. The lowest BCUT2D eigenvalue weighted by atomic mass is 10.1. The van der Waals surface area contributed by atoms with Gasteiger partial charge in [-0.2, -0.15) is 15.5 Å². The number of H-pyrrole nitrogens is 1. The molecule has 0 aliphatic carbocycles. The first-order valence-corrected chi connectivity index (χ1v) is 6.26. The fourth-order valence-corrected chi connectivity index (χ4v) is 1.82. The highest BCUT2D eigenvalue weighted by molar-refractivity contribution is 5.86. The largest absolute Gasteiger partial charge is 0.261 e. The number of allylic oxidation sites excluding steroid dienone is 1. The van der Waals surface area contributed by atoms with E-state index >= 15 is 0 Å². The number of nitrogens with one attached hydrogen (secondary N) is 1. The Bertz CT molecular complexity index is 778. The molecule has 2 heterocycles. The summed E-state index contributed by atoms with van der Waals surface area (Å²) in [5.41, 5.74) is 1.33. The van der Waals surface area contributed by atoms with E-state index in [9.17, 15) is 5.26 Å². The molecule has 0 amide bonds. The fourth-order valence-electron chi connectivity index (χ4n) is 1.82. The Morgan fingerprint density at radius 1 is 1.33 bits per heavy atom. The molecule has 0 radical (unpaired) electrons. The van der Waals surface area contributed by atoms with Crippen molar-refractivity contribution in [3.05, 3.63) is 60.2 Å². The van der Waals surface area contributed by atoms with Crippen molar-refractivity contribution in [1.82, 2.24) is 29.9 Å². The Balaban J connectivity index is 1.84. The van der Waals surface area contributed by atoms with E-state index in [1.54, 1.807) is 17.1 Å². The van der Waals surface area contributed by atoms with Gasteiger partial charge in [0.2, 0.25) is 0 Å². The fraction of sp³-hybridized carbons (Fsp3) is 0.0714. The van der Waals surface area contributed by atoms with Gasteiger partial charge in [0, 0.05) is 0 Å². The molecule has 0 bridgehead atoms. The Labute approximate surface area is 120 Å². The number of hydrogen-bond donors (Lipinski definition) is 1. The Kier molecular flexibility index (Phi) is 3.52. The summed E-state index contributed by atoms with van der Waals surface area (Å²) in [6.07, 6.45) is 4.79. The summed E-state index contributed by atoms with van der Waals surface area (Å²) in [5, 5.41) is 20.1. The zero-order valence-electron chi connectivity index (χ0n) is 11.0. The van der Waals surface area contributed by atoms with E-state index in [0.717, 1.165) is 5.56 Å². The van der Waals surface area contributed by atoms with Crippen LogP contribution in [0.5, 0.6) is 0 Å². The lowest BCUT2D eigenvalue weighted by Crippen LogP contribution is -2.01. The molecule has 1 N–H and O–H groups in total. The van der Waals surface area contributed by atoms with E-state index in [4.69, 9.17) is 0 Å². The molecule has 0 atom stereocenters. The number of aromatic nitrogens is 6. The van der Waals surface area contributed by atoms with Crippen LogP contribution in [-0.4, -0.2) is 29.9 Å². The number of benzene rings is 1. The van der Waals surface area contributed by atoms with Gasteiger partial charge in [0.25, 0.3) is 0 Å². The molecule has 0 aliphatic heterocycles. The Hall–Kier alpha value is -3.27. The normalized spacial score (nSPS) is 11.3. The maximum absolute atomic E-state index is 9.27. The second-order valence-electron chi connectivity index (χ2n) is 4.28. The molecule has 0 saturated carbocycles. The summed E-state index contributed by atoms with van der Waals surface area (Å²) >= 11 is 0. The molecule has 0 aliphatic rings. The standard InChI is InChI=1S/C14H11N7/c15-7-12(6-11-4-2-1-3-5-11)14-18-13(19-20-14)8-21-10-16-9-17-21/h1-6,9-10H,8H2,(H,18,19,20)/b12-6+. The van der Waals surface area contributed by atoms with Gasteiger partial charge in [0.1, 0.15) is 31.1 Å². The van der Waals surface area contributed by atoms with Crippen molar-refractivity contribution in [1.29, 1.82) is 5.26 Å². The Morgan fingerprint density at radius 2 is 2.19 bits per heavy atom. The minimum atomic E-state index is 0.372. The summed E-state index contributed by atoms with van der Waals surface area (Å²) in [6, 6.07) is 11.7. The minimum Gasteiger partial charge on any atom is -0.261 e. The van der Waals surface area contributed by atoms with Crippen LogP contribution < -0.4 is 0 Å². The summed E-state index contributed by atoms with van der Waals surface area (Å²) in [6.45, 7) is 0.428. The van der Waals surface area contributed by atoms with Crippen molar-refractivity contribution in [2.45, 2.75) is 6.54 Å². The highest BCUT2D eigenvalue weighted by Gasteiger charge is 2.09. The van der Waals surface area contributed by atoms with Gasteiger partial charge in [-0.05, 0) is 11.6 Å². The maximum Gasteiger partial charge on any atom is 0.191 e. The van der Waals surface area contributed by atoms with Gasteiger partial charge >= 0.3 is 0 Å². The van der Waals surface area contributed by atoms with Crippen molar-refractivity contribution in [3.8, 4) is 6.07 Å². The Morgan fingerprint density at radius 3 is 2.90 bits per heavy atom. The van der Waals surface area contributed by atoms with E-state index < -0.39 is 0 Å². The van der Waals surface area contributed by atoms with Crippen LogP contribution in [0.25, 0.3) is 11.6 Å². The van der Waals surface area contributed by atoms with Crippen LogP contribution in [0.15, 0.2) is 43.0 Å². The molecule has 0 unspecified atom stereocenters. The van der Waals surface area contributed by atoms with Gasteiger partial charge in [-0.25, -0.2) is 14.6 Å². The van der Waals surface area contributed by atoms with Crippen LogP contribution in [0.2, 0.25) is 0 Å². The lowest BCUT2D eigenvalue weighted by molar-refractivity contribution is 0.655. The molecule has 0 spiro atoms. The van der Waals surface area contributed by atoms with Gasteiger partial charge in [-0.1, -0.05) is 30.3 Å². The highest BCUT2D eigenvalue weighted by Crippen LogP contribution is 2.14. The van der Waals surface area contributed by atoms with Crippen molar-refractivity contribution in [2.24, 2.45) is 0 Å². The smallest absolute Gasteiger partial charge is 0.191 e. The van der Waals surface area contributed by atoms with Crippen molar-refractivity contribution >= 4 is 11.6 Å². The highest BCUT2D eigenvalue weighted by atomic mass is 15.3. The quantitative estimate of drug-likeness (QED) is 0.729. The number of nitriles is 1. The van der Waals surface area contributed by atoms with Gasteiger partial charge in [-0.15, -0.1) is 0 Å². The zero-order valence-corrected chi connectivity index (χ0v) is 11.0. The predicted octanol–water partition coefficient (Wildman–Crippen LogP) is 1.51. The summed E-state index contributed by atoms with van der Waals surface area (Å²) in [7, 11) is 0. The summed E-state index contributed by atoms with van der Waals surface area (Å²) < 4.78 is 1.62. The van der Waals surface area contributed by atoms with E-state index in [0.29, 0.717) is 23.8 Å². The monoisotopic (exact) mass is 277 g/mol. The minimum absolute atomic E-state index is 0.372. The molecule has 7 heteroatoms. The molecular weight excluding hydrogens is 266 g/mol. The third kappa shape index (κ3) is 3.01. The topological polar surface area (TPSA) is 96.1 Å². The van der Waals surface area contributed by atoms with Crippen molar-refractivity contribution in [2.75, 3.05) is 0 Å². The predicted molar refractivity (Wildman–Crippen MR) is 75.4 cm³/mol. The molecular formula is C14H11N7. The van der Waals surface area contributed by atoms with E-state index in [-0.39, 0.29) is 0 Å². The number of rotatable bonds is 4. The lowest BCUT2D eigenvalue weighted by Gasteiger charge is -1.95.